The number of amides is 1. The SMILES string of the molecule is CCc1ccccc1NC(=O)c1cc(NCCN(C)C)nc(C)n1. The van der Waals surface area contributed by atoms with Crippen molar-refractivity contribution in [1.82, 2.24) is 14.9 Å². The van der Waals surface area contributed by atoms with E-state index in [1.54, 1.807) is 13.0 Å². The van der Waals surface area contributed by atoms with E-state index in [9.17, 15) is 4.79 Å². The van der Waals surface area contributed by atoms with E-state index in [1.807, 2.05) is 38.4 Å². The molecule has 6 nitrogen and oxygen atoms in total. The van der Waals surface area contributed by atoms with Crippen LogP contribution in [0.2, 0.25) is 0 Å². The minimum atomic E-state index is -0.225. The Kier molecular flexibility index (Phi) is 6.26. The second kappa shape index (κ2) is 8.40. The summed E-state index contributed by atoms with van der Waals surface area (Å²) in [6.07, 6.45) is 0.858. The van der Waals surface area contributed by atoms with Crippen LogP contribution < -0.4 is 10.6 Å². The number of carbonyl (C=O) groups is 1. The number of aromatic nitrogens is 2. The molecule has 0 fully saturated rings. The third-order valence-corrected chi connectivity index (χ3v) is 3.58. The molecule has 1 aromatic carbocycles. The maximum absolute atomic E-state index is 12.5. The van der Waals surface area contributed by atoms with Gasteiger partial charge >= 0.3 is 0 Å². The van der Waals surface area contributed by atoms with Crippen molar-refractivity contribution in [2.75, 3.05) is 37.8 Å². The minimum Gasteiger partial charge on any atom is -0.369 e. The van der Waals surface area contributed by atoms with Crippen molar-refractivity contribution in [3.63, 3.8) is 0 Å². The molecule has 0 aliphatic carbocycles. The van der Waals surface area contributed by atoms with E-state index in [0.717, 1.165) is 30.8 Å². The quantitative estimate of drug-likeness (QED) is 0.818. The fourth-order valence-electron chi connectivity index (χ4n) is 2.32. The second-order valence-corrected chi connectivity index (χ2v) is 5.88. The molecule has 2 aromatic rings. The van der Waals surface area contributed by atoms with Gasteiger partial charge in [-0.3, -0.25) is 4.79 Å². The van der Waals surface area contributed by atoms with Crippen molar-refractivity contribution >= 4 is 17.4 Å². The topological polar surface area (TPSA) is 70.2 Å². The molecule has 0 aliphatic heterocycles. The number of hydrogen-bond donors (Lipinski definition) is 2. The molecule has 1 heterocycles. The Balaban J connectivity index is 2.12. The summed E-state index contributed by atoms with van der Waals surface area (Å²) in [7, 11) is 4.02. The number of hydrogen-bond acceptors (Lipinski definition) is 5. The van der Waals surface area contributed by atoms with Crippen LogP contribution in [0.3, 0.4) is 0 Å². The molecule has 0 unspecified atom stereocenters. The highest BCUT2D eigenvalue weighted by atomic mass is 16.1. The van der Waals surface area contributed by atoms with Crippen LogP contribution in [-0.4, -0.2) is 48.0 Å². The van der Waals surface area contributed by atoms with Gasteiger partial charge in [-0.25, -0.2) is 9.97 Å². The fraction of sp³-hybridized carbons (Fsp3) is 0.389. The molecule has 1 amide bonds. The van der Waals surface area contributed by atoms with Gasteiger partial charge in [0.05, 0.1) is 0 Å². The number of anilines is 2. The fourth-order valence-corrected chi connectivity index (χ4v) is 2.32. The average molecular weight is 327 g/mol. The molecule has 6 heteroatoms. The van der Waals surface area contributed by atoms with E-state index in [2.05, 4.69) is 32.4 Å². The van der Waals surface area contributed by atoms with Crippen molar-refractivity contribution < 1.29 is 4.79 Å². The van der Waals surface area contributed by atoms with Crippen molar-refractivity contribution in [2.24, 2.45) is 0 Å². The predicted octanol–water partition coefficient (Wildman–Crippen LogP) is 2.57. The van der Waals surface area contributed by atoms with Crippen LogP contribution in [0.5, 0.6) is 0 Å². The molecule has 1 aromatic heterocycles. The molecule has 128 valence electrons. The van der Waals surface area contributed by atoms with Gasteiger partial charge in [0, 0.05) is 24.8 Å². The molecule has 0 atom stereocenters. The van der Waals surface area contributed by atoms with Crippen LogP contribution in [-0.2, 0) is 6.42 Å². The highest BCUT2D eigenvalue weighted by molar-refractivity contribution is 6.03. The number of rotatable bonds is 7. The van der Waals surface area contributed by atoms with E-state index < -0.39 is 0 Å². The van der Waals surface area contributed by atoms with Crippen LogP contribution >= 0.6 is 0 Å². The lowest BCUT2D eigenvalue weighted by Gasteiger charge is -2.13. The van der Waals surface area contributed by atoms with Gasteiger partial charge in [0.25, 0.3) is 5.91 Å². The first-order valence-corrected chi connectivity index (χ1v) is 8.13. The van der Waals surface area contributed by atoms with Crippen LogP contribution in [0.4, 0.5) is 11.5 Å². The Morgan fingerprint density at radius 1 is 1.21 bits per heavy atom. The molecule has 0 radical (unpaired) electrons. The molecule has 2 N–H and O–H groups in total. The number of likely N-dealkylation sites (N-methyl/N-ethyl adjacent to an activating group) is 1. The Morgan fingerprint density at radius 2 is 1.96 bits per heavy atom. The molecule has 2 rings (SSSR count). The number of para-hydroxylation sites is 1. The van der Waals surface area contributed by atoms with Gasteiger partial charge in [0.15, 0.2) is 0 Å². The summed E-state index contributed by atoms with van der Waals surface area (Å²) in [5.41, 5.74) is 2.28. The molecular weight excluding hydrogens is 302 g/mol. The Bertz CT molecular complexity index is 700. The summed E-state index contributed by atoms with van der Waals surface area (Å²) < 4.78 is 0. The smallest absolute Gasteiger partial charge is 0.274 e. The van der Waals surface area contributed by atoms with Gasteiger partial charge in [-0.1, -0.05) is 25.1 Å². The summed E-state index contributed by atoms with van der Waals surface area (Å²) in [6, 6.07) is 9.48. The second-order valence-electron chi connectivity index (χ2n) is 5.88. The number of nitrogens with one attached hydrogen (secondary N) is 2. The maximum atomic E-state index is 12.5. The summed E-state index contributed by atoms with van der Waals surface area (Å²) >= 11 is 0. The Labute approximate surface area is 143 Å². The molecular formula is C18H25N5O. The van der Waals surface area contributed by atoms with Gasteiger partial charge in [0.1, 0.15) is 17.3 Å². The van der Waals surface area contributed by atoms with Crippen molar-refractivity contribution in [3.05, 3.63) is 47.4 Å². The van der Waals surface area contributed by atoms with E-state index >= 15 is 0 Å². The number of nitrogens with zero attached hydrogens (tertiary/aromatic N) is 3. The number of carbonyl (C=O) groups excluding carboxylic acids is 1. The molecule has 0 bridgehead atoms. The normalized spacial score (nSPS) is 10.7. The van der Waals surface area contributed by atoms with Crippen molar-refractivity contribution in [2.45, 2.75) is 20.3 Å². The summed E-state index contributed by atoms with van der Waals surface area (Å²) in [5, 5.41) is 6.17. The maximum Gasteiger partial charge on any atom is 0.274 e. The van der Waals surface area contributed by atoms with Crippen LogP contribution in [0, 0.1) is 6.92 Å². The van der Waals surface area contributed by atoms with Crippen LogP contribution in [0.15, 0.2) is 30.3 Å². The van der Waals surface area contributed by atoms with Crippen molar-refractivity contribution in [3.8, 4) is 0 Å². The van der Waals surface area contributed by atoms with E-state index in [0.29, 0.717) is 17.3 Å². The average Bonchev–Trinajstić information content (AvgIpc) is 2.54. The third kappa shape index (κ3) is 5.03. The summed E-state index contributed by atoms with van der Waals surface area (Å²) in [5.74, 6) is 1.01. The van der Waals surface area contributed by atoms with E-state index in [-0.39, 0.29) is 5.91 Å². The standard InChI is InChI=1S/C18H25N5O/c1-5-14-8-6-7-9-15(14)22-18(24)16-12-17(21-13(2)20-16)19-10-11-23(3)4/h6-9,12H,5,10-11H2,1-4H3,(H,22,24)(H,19,20,21). The molecule has 0 spiro atoms. The third-order valence-electron chi connectivity index (χ3n) is 3.58. The largest absolute Gasteiger partial charge is 0.369 e. The van der Waals surface area contributed by atoms with E-state index in [1.165, 1.54) is 0 Å². The predicted molar refractivity (Wildman–Crippen MR) is 97.6 cm³/mol. The zero-order valence-electron chi connectivity index (χ0n) is 14.8. The lowest BCUT2D eigenvalue weighted by Crippen LogP contribution is -2.22. The van der Waals surface area contributed by atoms with Gasteiger partial charge < -0.3 is 15.5 Å². The van der Waals surface area contributed by atoms with Gasteiger partial charge in [-0.2, -0.15) is 0 Å². The zero-order chi connectivity index (χ0) is 17.5. The first-order valence-electron chi connectivity index (χ1n) is 8.13. The monoisotopic (exact) mass is 327 g/mol. The first kappa shape index (κ1) is 17.9. The molecule has 0 saturated heterocycles. The van der Waals surface area contributed by atoms with Gasteiger partial charge in [-0.05, 0) is 39.1 Å². The zero-order valence-corrected chi connectivity index (χ0v) is 14.8. The van der Waals surface area contributed by atoms with Gasteiger partial charge in [0.2, 0.25) is 0 Å². The Hall–Kier alpha value is -2.47. The first-order chi connectivity index (χ1) is 11.5. The van der Waals surface area contributed by atoms with Crippen LogP contribution in [0.25, 0.3) is 0 Å². The van der Waals surface area contributed by atoms with Crippen LogP contribution in [0.1, 0.15) is 28.8 Å². The highest BCUT2D eigenvalue weighted by Crippen LogP contribution is 2.17. The summed E-state index contributed by atoms with van der Waals surface area (Å²) in [6.45, 7) is 5.48. The molecule has 0 aliphatic rings. The molecule has 0 saturated carbocycles. The number of benzene rings is 1. The lowest BCUT2D eigenvalue weighted by molar-refractivity contribution is 0.102. The Morgan fingerprint density at radius 3 is 2.67 bits per heavy atom. The highest BCUT2D eigenvalue weighted by Gasteiger charge is 2.12. The minimum absolute atomic E-state index is 0.225. The molecule has 24 heavy (non-hydrogen) atoms. The lowest BCUT2D eigenvalue weighted by atomic mass is 10.1. The van der Waals surface area contributed by atoms with Crippen molar-refractivity contribution in [1.29, 1.82) is 0 Å². The van der Waals surface area contributed by atoms with E-state index in [4.69, 9.17) is 0 Å². The summed E-state index contributed by atoms with van der Waals surface area (Å²) in [4.78, 5) is 23.2. The van der Waals surface area contributed by atoms with Gasteiger partial charge in [-0.15, -0.1) is 0 Å². The number of aryl methyl sites for hydroxylation is 2.